The number of benzene rings is 4. The molecule has 0 saturated carbocycles. The Labute approximate surface area is 193 Å². The molecule has 5 rings (SSSR count). The highest BCUT2D eigenvalue weighted by Crippen LogP contribution is 2.38. The Morgan fingerprint density at radius 3 is 2.35 bits per heavy atom. The second-order valence-electron chi connectivity index (χ2n) is 8.04. The molecule has 8 heteroatoms. The molecule has 0 aromatic heterocycles. The molecule has 0 unspecified atom stereocenters. The molecule has 168 valence electrons. The van der Waals surface area contributed by atoms with Crippen LogP contribution in [0.3, 0.4) is 0 Å². The van der Waals surface area contributed by atoms with Gasteiger partial charge in [-0.25, -0.2) is 9.59 Å². The van der Waals surface area contributed by atoms with Crippen LogP contribution in [-0.4, -0.2) is 42.9 Å². The third-order valence-electron chi connectivity index (χ3n) is 6.01. The van der Waals surface area contributed by atoms with Crippen LogP contribution in [-0.2, 0) is 4.74 Å². The Morgan fingerprint density at radius 2 is 1.62 bits per heavy atom. The van der Waals surface area contributed by atoms with Crippen LogP contribution in [0.15, 0.2) is 60.7 Å². The lowest BCUT2D eigenvalue weighted by molar-refractivity contribution is 0.0598. The molecular weight excluding hydrogens is 434 g/mol. The standard InChI is InChI=1S/C26H19N3O5/c1-29-23(30)18-5-3-4-14-8-17(11-20(22(14)18)24(29)31)19-10-13-6-7-15(25(32)34-2)9-16(13)12-21(19)28-26(27)33/h3-12H,1-2H3,(H3,27,28,33). The number of rotatable bonds is 3. The molecule has 0 spiro atoms. The summed E-state index contributed by atoms with van der Waals surface area (Å²) in [5, 5.41) is 5.47. The zero-order valence-electron chi connectivity index (χ0n) is 18.3. The molecule has 34 heavy (non-hydrogen) atoms. The van der Waals surface area contributed by atoms with Crippen LogP contribution in [0, 0.1) is 0 Å². The second kappa shape index (κ2) is 7.70. The van der Waals surface area contributed by atoms with Crippen LogP contribution in [0.25, 0.3) is 32.7 Å². The number of nitrogens with one attached hydrogen (secondary N) is 1. The van der Waals surface area contributed by atoms with Crippen LogP contribution in [0.2, 0.25) is 0 Å². The van der Waals surface area contributed by atoms with E-state index >= 15 is 0 Å². The SMILES string of the molecule is COC(=O)c1ccc2cc(-c3cc4c5c(cccc5c3)C(=O)N(C)C4=O)c(NC(N)=O)cc2c1. The fourth-order valence-electron chi connectivity index (χ4n) is 4.40. The van der Waals surface area contributed by atoms with Gasteiger partial charge in [-0.15, -0.1) is 0 Å². The summed E-state index contributed by atoms with van der Waals surface area (Å²) < 4.78 is 4.79. The monoisotopic (exact) mass is 453 g/mol. The quantitative estimate of drug-likeness (QED) is 0.357. The summed E-state index contributed by atoms with van der Waals surface area (Å²) in [5.74, 6) is -1.22. The van der Waals surface area contributed by atoms with Gasteiger partial charge < -0.3 is 15.8 Å². The number of urea groups is 1. The molecule has 3 N–H and O–H groups in total. The maximum absolute atomic E-state index is 13.0. The molecule has 0 bridgehead atoms. The Morgan fingerprint density at radius 1 is 0.853 bits per heavy atom. The van der Waals surface area contributed by atoms with Gasteiger partial charge in [-0.3, -0.25) is 14.5 Å². The topological polar surface area (TPSA) is 119 Å². The van der Waals surface area contributed by atoms with Crippen molar-refractivity contribution in [1.29, 1.82) is 0 Å². The molecule has 4 aromatic carbocycles. The lowest BCUT2D eigenvalue weighted by atomic mass is 9.89. The van der Waals surface area contributed by atoms with Gasteiger partial charge in [-0.1, -0.05) is 18.2 Å². The van der Waals surface area contributed by atoms with E-state index in [4.69, 9.17) is 10.5 Å². The highest BCUT2D eigenvalue weighted by molar-refractivity contribution is 6.26. The summed E-state index contributed by atoms with van der Waals surface area (Å²) in [6, 6.07) is 16.8. The predicted octanol–water partition coefficient (Wildman–Crippen LogP) is 4.16. The van der Waals surface area contributed by atoms with E-state index in [9.17, 15) is 19.2 Å². The highest BCUT2D eigenvalue weighted by Gasteiger charge is 2.30. The number of methoxy groups -OCH3 is 1. The molecule has 1 aliphatic rings. The minimum atomic E-state index is -0.754. The van der Waals surface area contributed by atoms with Gasteiger partial charge in [0, 0.05) is 29.1 Å². The summed E-state index contributed by atoms with van der Waals surface area (Å²) in [5.41, 5.74) is 8.37. The molecule has 8 nitrogen and oxygen atoms in total. The van der Waals surface area contributed by atoms with Gasteiger partial charge in [-0.05, 0) is 64.2 Å². The minimum absolute atomic E-state index is 0.348. The number of nitrogens with two attached hydrogens (primary N) is 1. The van der Waals surface area contributed by atoms with E-state index < -0.39 is 17.9 Å². The van der Waals surface area contributed by atoms with Crippen LogP contribution >= 0.6 is 0 Å². The van der Waals surface area contributed by atoms with Crippen LogP contribution in [0.4, 0.5) is 10.5 Å². The van der Waals surface area contributed by atoms with Gasteiger partial charge in [-0.2, -0.15) is 0 Å². The maximum atomic E-state index is 13.0. The van der Waals surface area contributed by atoms with Crippen molar-refractivity contribution in [3.63, 3.8) is 0 Å². The smallest absolute Gasteiger partial charge is 0.337 e. The fourth-order valence-corrected chi connectivity index (χ4v) is 4.40. The van der Waals surface area contributed by atoms with Crippen molar-refractivity contribution in [3.05, 3.63) is 77.4 Å². The second-order valence-corrected chi connectivity index (χ2v) is 8.04. The van der Waals surface area contributed by atoms with E-state index in [0.717, 1.165) is 15.7 Å². The number of carbonyl (C=O) groups excluding carboxylic acids is 4. The summed E-state index contributed by atoms with van der Waals surface area (Å²) >= 11 is 0. The molecular formula is C26H19N3O5. The number of ether oxygens (including phenoxy) is 1. The van der Waals surface area contributed by atoms with E-state index in [0.29, 0.717) is 44.3 Å². The van der Waals surface area contributed by atoms with Gasteiger partial charge in [0.2, 0.25) is 0 Å². The zero-order chi connectivity index (χ0) is 24.1. The Bertz CT molecular complexity index is 1570. The van der Waals surface area contributed by atoms with E-state index in [-0.39, 0.29) is 5.91 Å². The average molecular weight is 453 g/mol. The first kappa shape index (κ1) is 21.1. The van der Waals surface area contributed by atoms with E-state index in [1.54, 1.807) is 42.5 Å². The molecule has 4 aromatic rings. The van der Waals surface area contributed by atoms with Gasteiger partial charge in [0.1, 0.15) is 0 Å². The Kier molecular flexibility index (Phi) is 4.79. The van der Waals surface area contributed by atoms with Crippen molar-refractivity contribution in [2.24, 2.45) is 5.73 Å². The van der Waals surface area contributed by atoms with E-state index in [2.05, 4.69) is 5.32 Å². The van der Waals surface area contributed by atoms with Crippen molar-refractivity contribution in [2.45, 2.75) is 0 Å². The molecule has 1 heterocycles. The molecule has 0 saturated heterocycles. The van der Waals surface area contributed by atoms with Gasteiger partial charge >= 0.3 is 12.0 Å². The van der Waals surface area contributed by atoms with Crippen LogP contribution in [0.5, 0.6) is 0 Å². The number of amides is 4. The van der Waals surface area contributed by atoms with Crippen LogP contribution < -0.4 is 11.1 Å². The van der Waals surface area contributed by atoms with E-state index in [1.165, 1.54) is 14.2 Å². The minimum Gasteiger partial charge on any atom is -0.465 e. The highest BCUT2D eigenvalue weighted by atomic mass is 16.5. The Balaban J connectivity index is 1.78. The fraction of sp³-hybridized carbons (Fsp3) is 0.0769. The predicted molar refractivity (Wildman–Crippen MR) is 128 cm³/mol. The number of hydrogen-bond acceptors (Lipinski definition) is 5. The molecule has 4 amide bonds. The lowest BCUT2D eigenvalue weighted by Gasteiger charge is -2.24. The van der Waals surface area contributed by atoms with Crippen molar-refractivity contribution >= 4 is 51.0 Å². The molecule has 1 aliphatic heterocycles. The number of anilines is 1. The number of esters is 1. The summed E-state index contributed by atoms with van der Waals surface area (Å²) in [7, 11) is 2.76. The van der Waals surface area contributed by atoms with Gasteiger partial charge in [0.05, 0.1) is 18.4 Å². The van der Waals surface area contributed by atoms with Crippen molar-refractivity contribution in [3.8, 4) is 11.1 Å². The van der Waals surface area contributed by atoms with Crippen molar-refractivity contribution in [2.75, 3.05) is 19.5 Å². The number of imide groups is 1. The number of carbonyl (C=O) groups is 4. The number of hydrogen-bond donors (Lipinski definition) is 2. The lowest BCUT2D eigenvalue weighted by Crippen LogP contribution is -2.36. The first-order valence-corrected chi connectivity index (χ1v) is 10.4. The number of primary amides is 1. The molecule has 0 aliphatic carbocycles. The summed E-state index contributed by atoms with van der Waals surface area (Å²) in [6.07, 6.45) is 0. The van der Waals surface area contributed by atoms with Gasteiger partial charge in [0.15, 0.2) is 0 Å². The molecule has 0 fully saturated rings. The summed E-state index contributed by atoms with van der Waals surface area (Å²) in [4.78, 5) is 50.4. The number of fused-ring (bicyclic) bond motifs is 1. The normalized spacial score (nSPS) is 12.8. The van der Waals surface area contributed by atoms with Crippen molar-refractivity contribution < 1.29 is 23.9 Å². The zero-order valence-corrected chi connectivity index (χ0v) is 18.3. The maximum Gasteiger partial charge on any atom is 0.337 e. The average Bonchev–Trinajstić information content (AvgIpc) is 2.83. The van der Waals surface area contributed by atoms with Crippen LogP contribution in [0.1, 0.15) is 31.1 Å². The van der Waals surface area contributed by atoms with Crippen molar-refractivity contribution in [1.82, 2.24) is 4.90 Å². The number of nitrogens with zero attached hydrogens (tertiary/aromatic N) is 1. The Hall–Kier alpha value is -4.72. The first-order chi connectivity index (χ1) is 16.3. The molecule has 0 radical (unpaired) electrons. The molecule has 0 atom stereocenters. The van der Waals surface area contributed by atoms with Gasteiger partial charge in [0.25, 0.3) is 11.8 Å². The summed E-state index contributed by atoms with van der Waals surface area (Å²) in [6.45, 7) is 0. The van der Waals surface area contributed by atoms with E-state index in [1.807, 2.05) is 18.2 Å². The third kappa shape index (κ3) is 3.24. The largest absolute Gasteiger partial charge is 0.465 e. The third-order valence-corrected chi connectivity index (χ3v) is 6.01. The first-order valence-electron chi connectivity index (χ1n) is 10.4.